The van der Waals surface area contributed by atoms with Gasteiger partial charge in [0.1, 0.15) is 0 Å². The van der Waals surface area contributed by atoms with Gasteiger partial charge in [0, 0.05) is 25.8 Å². The number of rotatable bonds is 5. The van der Waals surface area contributed by atoms with E-state index in [1.54, 1.807) is 12.1 Å². The van der Waals surface area contributed by atoms with Gasteiger partial charge in [-0.1, -0.05) is 0 Å². The molecule has 1 aromatic heterocycles. The summed E-state index contributed by atoms with van der Waals surface area (Å²) in [5, 5.41) is 7.52. The minimum absolute atomic E-state index is 0.0402. The van der Waals surface area contributed by atoms with Crippen molar-refractivity contribution in [3.05, 3.63) is 28.2 Å². The molecule has 1 aliphatic heterocycles. The number of nitrogens with one attached hydrogen (secondary N) is 1. The molecule has 0 aliphatic carbocycles. The van der Waals surface area contributed by atoms with Crippen molar-refractivity contribution in [3.63, 3.8) is 0 Å². The van der Waals surface area contributed by atoms with Crippen molar-refractivity contribution in [3.8, 4) is 0 Å². The lowest BCUT2D eigenvalue weighted by Crippen LogP contribution is -2.31. The molecule has 0 amide bonds. The van der Waals surface area contributed by atoms with Gasteiger partial charge in [-0.2, -0.15) is 5.10 Å². The molecule has 0 spiro atoms. The van der Waals surface area contributed by atoms with Crippen LogP contribution < -0.4 is 10.9 Å². The fourth-order valence-corrected chi connectivity index (χ4v) is 1.95. The van der Waals surface area contributed by atoms with Crippen molar-refractivity contribution >= 4 is 0 Å². The standard InChI is InChI=1S/C12H19N3O2/c1-10-2-3-12(16)15(14-10)6-5-13-8-11-4-7-17-9-11/h2-3,11,13H,4-9H2,1H3. The molecule has 0 bridgehead atoms. The molecule has 0 aromatic carbocycles. The van der Waals surface area contributed by atoms with Crippen LogP contribution in [0.5, 0.6) is 0 Å². The van der Waals surface area contributed by atoms with Crippen LogP contribution in [0.15, 0.2) is 16.9 Å². The Balaban J connectivity index is 1.74. The maximum absolute atomic E-state index is 11.5. The molecule has 1 aromatic rings. The Hall–Kier alpha value is -1.20. The smallest absolute Gasteiger partial charge is 0.266 e. The number of nitrogens with zero attached hydrogens (tertiary/aromatic N) is 2. The predicted octanol–water partition coefficient (Wildman–Crippen LogP) is 0.178. The largest absolute Gasteiger partial charge is 0.381 e. The highest BCUT2D eigenvalue weighted by atomic mass is 16.5. The summed E-state index contributed by atoms with van der Waals surface area (Å²) in [6.07, 6.45) is 1.13. The van der Waals surface area contributed by atoms with Gasteiger partial charge in [-0.15, -0.1) is 0 Å². The lowest BCUT2D eigenvalue weighted by molar-refractivity contribution is 0.185. The quantitative estimate of drug-likeness (QED) is 0.742. The predicted molar refractivity (Wildman–Crippen MR) is 65.0 cm³/mol. The molecule has 1 N–H and O–H groups in total. The van der Waals surface area contributed by atoms with Crippen LogP contribution in [0.4, 0.5) is 0 Å². The first-order chi connectivity index (χ1) is 8.25. The Morgan fingerprint density at radius 1 is 1.59 bits per heavy atom. The van der Waals surface area contributed by atoms with E-state index in [2.05, 4.69) is 10.4 Å². The van der Waals surface area contributed by atoms with E-state index in [4.69, 9.17) is 4.74 Å². The normalized spacial score (nSPS) is 19.7. The van der Waals surface area contributed by atoms with Gasteiger partial charge < -0.3 is 10.1 Å². The maximum Gasteiger partial charge on any atom is 0.266 e. The van der Waals surface area contributed by atoms with Gasteiger partial charge >= 0.3 is 0 Å². The summed E-state index contributed by atoms with van der Waals surface area (Å²) in [7, 11) is 0. The van der Waals surface area contributed by atoms with Gasteiger partial charge in [-0.05, 0) is 25.3 Å². The Morgan fingerprint density at radius 3 is 3.24 bits per heavy atom. The summed E-state index contributed by atoms with van der Waals surface area (Å²) in [6.45, 7) is 5.97. The molecule has 1 unspecified atom stereocenters. The molecule has 1 fully saturated rings. The summed E-state index contributed by atoms with van der Waals surface area (Å²) in [4.78, 5) is 11.5. The maximum atomic E-state index is 11.5. The van der Waals surface area contributed by atoms with Crippen molar-refractivity contribution in [2.24, 2.45) is 5.92 Å². The van der Waals surface area contributed by atoms with E-state index < -0.39 is 0 Å². The van der Waals surface area contributed by atoms with Crippen LogP contribution in [0, 0.1) is 12.8 Å². The van der Waals surface area contributed by atoms with E-state index in [0.717, 1.165) is 38.4 Å². The zero-order chi connectivity index (χ0) is 12.1. The van der Waals surface area contributed by atoms with Crippen molar-refractivity contribution in [1.82, 2.24) is 15.1 Å². The highest BCUT2D eigenvalue weighted by molar-refractivity contribution is 4.96. The number of aryl methyl sites for hydroxylation is 1. The first-order valence-corrected chi connectivity index (χ1v) is 6.09. The van der Waals surface area contributed by atoms with Crippen LogP contribution in [0.1, 0.15) is 12.1 Å². The van der Waals surface area contributed by atoms with E-state index in [-0.39, 0.29) is 5.56 Å². The number of ether oxygens (including phenoxy) is 1. The summed E-state index contributed by atoms with van der Waals surface area (Å²) in [5.41, 5.74) is 0.829. The second-order valence-corrected chi connectivity index (χ2v) is 4.47. The molecule has 94 valence electrons. The molecule has 1 atom stereocenters. The monoisotopic (exact) mass is 237 g/mol. The molecule has 2 rings (SSSR count). The number of aromatic nitrogens is 2. The SMILES string of the molecule is Cc1ccc(=O)n(CCNCC2CCOC2)n1. The third kappa shape index (κ3) is 3.64. The first kappa shape index (κ1) is 12.3. The molecular formula is C12H19N3O2. The topological polar surface area (TPSA) is 56.2 Å². The molecule has 0 radical (unpaired) electrons. The average Bonchev–Trinajstić information content (AvgIpc) is 2.82. The minimum Gasteiger partial charge on any atom is -0.381 e. The van der Waals surface area contributed by atoms with Gasteiger partial charge in [-0.25, -0.2) is 4.68 Å². The number of hydrogen-bond acceptors (Lipinski definition) is 4. The summed E-state index contributed by atoms with van der Waals surface area (Å²) in [6, 6.07) is 3.30. The third-order valence-corrected chi connectivity index (χ3v) is 2.96. The van der Waals surface area contributed by atoms with Crippen molar-refractivity contribution in [2.75, 3.05) is 26.3 Å². The molecule has 1 saturated heterocycles. The fourth-order valence-electron chi connectivity index (χ4n) is 1.95. The third-order valence-electron chi connectivity index (χ3n) is 2.96. The molecule has 5 nitrogen and oxygen atoms in total. The highest BCUT2D eigenvalue weighted by Crippen LogP contribution is 2.10. The fraction of sp³-hybridized carbons (Fsp3) is 0.667. The molecular weight excluding hydrogens is 218 g/mol. The molecule has 0 saturated carbocycles. The second kappa shape index (κ2) is 5.93. The Bertz CT molecular complexity index is 410. The van der Waals surface area contributed by atoms with Crippen LogP contribution in [0.3, 0.4) is 0 Å². The molecule has 1 aliphatic rings. The van der Waals surface area contributed by atoms with Gasteiger partial charge in [0.25, 0.3) is 5.56 Å². The molecule has 2 heterocycles. The first-order valence-electron chi connectivity index (χ1n) is 6.09. The van der Waals surface area contributed by atoms with E-state index in [9.17, 15) is 4.79 Å². The lowest BCUT2D eigenvalue weighted by Gasteiger charge is -2.10. The lowest BCUT2D eigenvalue weighted by atomic mass is 10.1. The Labute approximate surface area is 101 Å². The highest BCUT2D eigenvalue weighted by Gasteiger charge is 2.14. The van der Waals surface area contributed by atoms with Gasteiger partial charge in [0.15, 0.2) is 0 Å². The van der Waals surface area contributed by atoms with Crippen LogP contribution in [0.2, 0.25) is 0 Å². The van der Waals surface area contributed by atoms with Crippen LogP contribution in [-0.4, -0.2) is 36.1 Å². The summed E-state index contributed by atoms with van der Waals surface area (Å²) >= 11 is 0. The van der Waals surface area contributed by atoms with E-state index >= 15 is 0 Å². The Morgan fingerprint density at radius 2 is 2.47 bits per heavy atom. The van der Waals surface area contributed by atoms with Gasteiger partial charge in [-0.3, -0.25) is 4.79 Å². The molecule has 5 heteroatoms. The average molecular weight is 237 g/mol. The number of hydrogen-bond donors (Lipinski definition) is 1. The van der Waals surface area contributed by atoms with E-state index in [1.165, 1.54) is 4.68 Å². The zero-order valence-corrected chi connectivity index (χ0v) is 10.2. The van der Waals surface area contributed by atoms with Crippen molar-refractivity contribution in [2.45, 2.75) is 19.9 Å². The molecule has 17 heavy (non-hydrogen) atoms. The van der Waals surface area contributed by atoms with E-state index in [0.29, 0.717) is 12.5 Å². The van der Waals surface area contributed by atoms with Gasteiger partial charge in [0.2, 0.25) is 0 Å². The van der Waals surface area contributed by atoms with Crippen LogP contribution >= 0.6 is 0 Å². The summed E-state index contributed by atoms with van der Waals surface area (Å²) < 4.78 is 6.81. The van der Waals surface area contributed by atoms with Crippen LogP contribution in [0.25, 0.3) is 0 Å². The van der Waals surface area contributed by atoms with Gasteiger partial charge in [0.05, 0.1) is 18.8 Å². The minimum atomic E-state index is -0.0402. The van der Waals surface area contributed by atoms with Crippen molar-refractivity contribution < 1.29 is 4.74 Å². The van der Waals surface area contributed by atoms with Crippen LogP contribution in [-0.2, 0) is 11.3 Å². The van der Waals surface area contributed by atoms with E-state index in [1.807, 2.05) is 6.92 Å². The Kier molecular flexibility index (Phi) is 4.28. The second-order valence-electron chi connectivity index (χ2n) is 4.47. The van der Waals surface area contributed by atoms with Crippen molar-refractivity contribution in [1.29, 1.82) is 0 Å². The summed E-state index contributed by atoms with van der Waals surface area (Å²) in [5.74, 6) is 0.622. The zero-order valence-electron chi connectivity index (χ0n) is 10.2.